The second-order valence-corrected chi connectivity index (χ2v) is 4.14. The molecule has 0 aliphatic rings. The van der Waals surface area contributed by atoms with Crippen LogP contribution in [0.2, 0.25) is 0 Å². The summed E-state index contributed by atoms with van der Waals surface area (Å²) in [5.74, 6) is 1.83. The summed E-state index contributed by atoms with van der Waals surface area (Å²) in [6, 6.07) is 11.8. The Kier molecular flexibility index (Phi) is 2.41. The molecule has 0 atom stereocenters. The van der Waals surface area contributed by atoms with Crippen LogP contribution < -0.4 is 5.73 Å². The minimum Gasteiger partial charge on any atom is -0.453 e. The molecule has 3 aromatic rings. The molecule has 1 aromatic carbocycles. The molecular weight excluding hydrogens is 228 g/mol. The van der Waals surface area contributed by atoms with Crippen LogP contribution in [0.3, 0.4) is 0 Å². The molecule has 4 heteroatoms. The fraction of sp³-hybridized carbons (Fsp3) is 0.0714. The zero-order chi connectivity index (χ0) is 12.5. The third-order valence-electron chi connectivity index (χ3n) is 2.76. The van der Waals surface area contributed by atoms with Crippen molar-refractivity contribution in [1.29, 1.82) is 0 Å². The summed E-state index contributed by atoms with van der Waals surface area (Å²) < 4.78 is 10.8. The van der Waals surface area contributed by atoms with Crippen LogP contribution in [0.4, 0.5) is 5.69 Å². The molecule has 18 heavy (non-hydrogen) atoms. The molecule has 0 amide bonds. The van der Waals surface area contributed by atoms with Crippen molar-refractivity contribution >= 4 is 5.69 Å². The number of aryl methyl sites for hydroxylation is 1. The Morgan fingerprint density at radius 2 is 1.72 bits per heavy atom. The summed E-state index contributed by atoms with van der Waals surface area (Å²) in [6.07, 6.45) is 1.46. The molecule has 2 aromatic heterocycles. The van der Waals surface area contributed by atoms with Gasteiger partial charge in [0.1, 0.15) is 11.4 Å². The molecule has 0 spiro atoms. The Balaban J connectivity index is 1.99. The Bertz CT molecular complexity index is 665. The number of anilines is 1. The van der Waals surface area contributed by atoms with E-state index in [1.54, 1.807) is 0 Å². The van der Waals surface area contributed by atoms with E-state index >= 15 is 0 Å². The van der Waals surface area contributed by atoms with Crippen LogP contribution in [0, 0.1) is 6.92 Å². The Morgan fingerprint density at radius 1 is 1.00 bits per heavy atom. The summed E-state index contributed by atoms with van der Waals surface area (Å²) in [5.41, 5.74) is 8.43. The lowest BCUT2D eigenvalue weighted by Crippen LogP contribution is -1.82. The third-order valence-corrected chi connectivity index (χ3v) is 2.76. The van der Waals surface area contributed by atoms with Crippen molar-refractivity contribution in [2.75, 3.05) is 5.73 Å². The van der Waals surface area contributed by atoms with Crippen molar-refractivity contribution in [3.05, 3.63) is 48.2 Å². The molecule has 90 valence electrons. The first-order valence-corrected chi connectivity index (χ1v) is 5.61. The molecule has 3 rings (SSSR count). The third kappa shape index (κ3) is 1.78. The SMILES string of the molecule is Cc1ccc(-c2ccc(-c3oncc3N)o2)cc1. The van der Waals surface area contributed by atoms with Gasteiger partial charge in [0.25, 0.3) is 0 Å². The van der Waals surface area contributed by atoms with Crippen LogP contribution in [-0.4, -0.2) is 5.16 Å². The van der Waals surface area contributed by atoms with Crippen molar-refractivity contribution in [2.45, 2.75) is 6.92 Å². The number of benzene rings is 1. The number of nitrogen functional groups attached to an aromatic ring is 1. The maximum Gasteiger partial charge on any atom is 0.224 e. The van der Waals surface area contributed by atoms with E-state index in [0.717, 1.165) is 11.3 Å². The van der Waals surface area contributed by atoms with Gasteiger partial charge in [-0.2, -0.15) is 0 Å². The monoisotopic (exact) mass is 240 g/mol. The second kappa shape index (κ2) is 4.07. The van der Waals surface area contributed by atoms with Gasteiger partial charge in [0, 0.05) is 5.56 Å². The van der Waals surface area contributed by atoms with E-state index in [1.807, 2.05) is 43.3 Å². The molecule has 0 radical (unpaired) electrons. The molecule has 0 saturated carbocycles. The highest BCUT2D eigenvalue weighted by atomic mass is 16.5. The number of hydrogen-bond donors (Lipinski definition) is 1. The number of aromatic nitrogens is 1. The Labute approximate surface area is 104 Å². The maximum absolute atomic E-state index is 5.72. The van der Waals surface area contributed by atoms with Gasteiger partial charge in [0.15, 0.2) is 5.76 Å². The van der Waals surface area contributed by atoms with Gasteiger partial charge in [0.05, 0.1) is 6.20 Å². The zero-order valence-electron chi connectivity index (χ0n) is 9.88. The maximum atomic E-state index is 5.72. The highest BCUT2D eigenvalue weighted by Crippen LogP contribution is 2.31. The summed E-state index contributed by atoms with van der Waals surface area (Å²) >= 11 is 0. The van der Waals surface area contributed by atoms with Gasteiger partial charge >= 0.3 is 0 Å². The van der Waals surface area contributed by atoms with Crippen molar-refractivity contribution in [3.8, 4) is 22.8 Å². The normalized spacial score (nSPS) is 10.7. The molecule has 0 aliphatic heterocycles. The first kappa shape index (κ1) is 10.7. The molecule has 4 nitrogen and oxygen atoms in total. The lowest BCUT2D eigenvalue weighted by atomic mass is 10.1. The van der Waals surface area contributed by atoms with Gasteiger partial charge in [0.2, 0.25) is 5.76 Å². The van der Waals surface area contributed by atoms with Crippen molar-refractivity contribution in [2.24, 2.45) is 0 Å². The van der Waals surface area contributed by atoms with Gasteiger partial charge in [-0.3, -0.25) is 0 Å². The largest absolute Gasteiger partial charge is 0.453 e. The van der Waals surface area contributed by atoms with Gasteiger partial charge in [-0.1, -0.05) is 35.0 Å². The number of hydrogen-bond acceptors (Lipinski definition) is 4. The number of rotatable bonds is 2. The number of furan rings is 1. The molecule has 2 N–H and O–H groups in total. The molecular formula is C14H12N2O2. The summed E-state index contributed by atoms with van der Waals surface area (Å²) in [7, 11) is 0. The summed E-state index contributed by atoms with van der Waals surface area (Å²) in [5, 5.41) is 3.63. The molecule has 0 saturated heterocycles. The van der Waals surface area contributed by atoms with Crippen LogP contribution in [0.1, 0.15) is 5.56 Å². The summed E-state index contributed by atoms with van der Waals surface area (Å²) in [6.45, 7) is 2.05. The topological polar surface area (TPSA) is 65.2 Å². The number of nitrogens with zero attached hydrogens (tertiary/aromatic N) is 1. The van der Waals surface area contributed by atoms with E-state index in [1.165, 1.54) is 11.8 Å². The lowest BCUT2D eigenvalue weighted by molar-refractivity contribution is 0.419. The van der Waals surface area contributed by atoms with E-state index in [9.17, 15) is 0 Å². The van der Waals surface area contributed by atoms with Crippen LogP contribution in [0.25, 0.3) is 22.8 Å². The van der Waals surface area contributed by atoms with E-state index in [-0.39, 0.29) is 0 Å². The quantitative estimate of drug-likeness (QED) is 0.744. The lowest BCUT2D eigenvalue weighted by Gasteiger charge is -1.97. The molecule has 0 aliphatic carbocycles. The predicted molar refractivity (Wildman–Crippen MR) is 68.8 cm³/mol. The highest BCUT2D eigenvalue weighted by Gasteiger charge is 2.13. The number of nitrogens with two attached hydrogens (primary N) is 1. The van der Waals surface area contributed by atoms with Crippen molar-refractivity contribution < 1.29 is 8.94 Å². The predicted octanol–water partition coefficient (Wildman–Crippen LogP) is 3.49. The van der Waals surface area contributed by atoms with Gasteiger partial charge in [-0.05, 0) is 19.1 Å². The Morgan fingerprint density at radius 3 is 2.39 bits per heavy atom. The van der Waals surface area contributed by atoms with Gasteiger partial charge in [-0.25, -0.2) is 0 Å². The van der Waals surface area contributed by atoms with E-state index in [4.69, 9.17) is 14.7 Å². The fourth-order valence-electron chi connectivity index (χ4n) is 1.77. The second-order valence-electron chi connectivity index (χ2n) is 4.14. The van der Waals surface area contributed by atoms with Gasteiger partial charge in [-0.15, -0.1) is 0 Å². The molecule has 2 heterocycles. The van der Waals surface area contributed by atoms with Crippen LogP contribution in [0.15, 0.2) is 51.5 Å². The minimum atomic E-state index is 0.466. The first-order chi connectivity index (χ1) is 8.74. The zero-order valence-corrected chi connectivity index (χ0v) is 9.88. The van der Waals surface area contributed by atoms with Crippen molar-refractivity contribution in [3.63, 3.8) is 0 Å². The minimum absolute atomic E-state index is 0.466. The average Bonchev–Trinajstić information content (AvgIpc) is 2.98. The molecule has 0 bridgehead atoms. The smallest absolute Gasteiger partial charge is 0.224 e. The molecule has 0 unspecified atom stereocenters. The average molecular weight is 240 g/mol. The van der Waals surface area contributed by atoms with E-state index < -0.39 is 0 Å². The first-order valence-electron chi connectivity index (χ1n) is 5.61. The van der Waals surface area contributed by atoms with Crippen molar-refractivity contribution in [1.82, 2.24) is 5.16 Å². The van der Waals surface area contributed by atoms with E-state index in [2.05, 4.69) is 5.16 Å². The van der Waals surface area contributed by atoms with E-state index in [0.29, 0.717) is 17.2 Å². The Hall–Kier alpha value is -2.49. The fourth-order valence-corrected chi connectivity index (χ4v) is 1.77. The summed E-state index contributed by atoms with van der Waals surface area (Å²) in [4.78, 5) is 0. The van der Waals surface area contributed by atoms with Gasteiger partial charge < -0.3 is 14.7 Å². The van der Waals surface area contributed by atoms with Crippen LogP contribution in [0.5, 0.6) is 0 Å². The van der Waals surface area contributed by atoms with Crippen LogP contribution >= 0.6 is 0 Å². The highest BCUT2D eigenvalue weighted by molar-refractivity contribution is 5.69. The van der Waals surface area contributed by atoms with Crippen LogP contribution in [-0.2, 0) is 0 Å². The molecule has 0 fully saturated rings. The standard InChI is InChI=1S/C14H12N2O2/c1-9-2-4-10(5-3-9)12-6-7-13(17-12)14-11(15)8-16-18-14/h2-8H,15H2,1H3.